The van der Waals surface area contributed by atoms with E-state index in [1.165, 1.54) is 19.2 Å². The van der Waals surface area contributed by atoms with Gasteiger partial charge in [-0.2, -0.15) is 0 Å². The smallest absolute Gasteiger partial charge is 0.153 e. The quantitative estimate of drug-likeness (QED) is 0.882. The second-order valence-corrected chi connectivity index (χ2v) is 3.68. The van der Waals surface area contributed by atoms with Crippen molar-refractivity contribution in [2.45, 2.75) is 0 Å². The number of hydrogen-bond acceptors (Lipinski definition) is 3. The first-order valence-corrected chi connectivity index (χ1v) is 5.21. The van der Waals surface area contributed by atoms with Crippen molar-refractivity contribution >= 4 is 18.1 Å². The minimum Gasteiger partial charge on any atom is -0.497 e. The highest BCUT2D eigenvalue weighted by molar-refractivity contribution is 5.85. The molecule has 1 fully saturated rings. The highest BCUT2D eigenvalue weighted by Crippen LogP contribution is 2.28. The van der Waals surface area contributed by atoms with Gasteiger partial charge in [-0.1, -0.05) is 0 Å². The predicted molar refractivity (Wildman–Crippen MR) is 65.2 cm³/mol. The second-order valence-electron chi connectivity index (χ2n) is 3.68. The zero-order valence-corrected chi connectivity index (χ0v) is 10.3. The van der Waals surface area contributed by atoms with E-state index in [9.17, 15) is 8.78 Å². The molecule has 1 heterocycles. The van der Waals surface area contributed by atoms with E-state index < -0.39 is 11.6 Å². The Morgan fingerprint density at radius 2 is 1.71 bits per heavy atom. The van der Waals surface area contributed by atoms with Gasteiger partial charge < -0.3 is 15.0 Å². The highest BCUT2D eigenvalue weighted by Gasteiger charge is 2.19. The van der Waals surface area contributed by atoms with Gasteiger partial charge in [0.25, 0.3) is 0 Å². The number of ether oxygens (including phenoxy) is 1. The summed E-state index contributed by atoms with van der Waals surface area (Å²) in [6.45, 7) is 2.70. The molecule has 1 aliphatic heterocycles. The molecule has 0 amide bonds. The molecule has 0 saturated carbocycles. The fourth-order valence-corrected chi connectivity index (χ4v) is 1.85. The molecule has 0 radical (unpaired) electrons. The molecule has 1 aliphatic rings. The van der Waals surface area contributed by atoms with Crippen LogP contribution in [0.3, 0.4) is 0 Å². The third kappa shape index (κ3) is 2.98. The summed E-state index contributed by atoms with van der Waals surface area (Å²) in [6, 6.07) is 2.42. The van der Waals surface area contributed by atoms with Gasteiger partial charge in [0.1, 0.15) is 11.4 Å². The highest BCUT2D eigenvalue weighted by atomic mass is 35.5. The first-order chi connectivity index (χ1) is 7.72. The molecule has 17 heavy (non-hydrogen) atoms. The van der Waals surface area contributed by atoms with Crippen molar-refractivity contribution in [3.63, 3.8) is 0 Å². The lowest BCUT2D eigenvalue weighted by Gasteiger charge is -2.30. The number of nitrogens with one attached hydrogen (secondary N) is 1. The molecule has 1 N–H and O–H groups in total. The summed E-state index contributed by atoms with van der Waals surface area (Å²) in [5, 5.41) is 3.13. The maximum Gasteiger partial charge on any atom is 0.153 e. The van der Waals surface area contributed by atoms with Crippen LogP contribution in [-0.4, -0.2) is 33.3 Å². The van der Waals surface area contributed by atoms with E-state index in [1.807, 2.05) is 0 Å². The molecule has 0 unspecified atom stereocenters. The zero-order chi connectivity index (χ0) is 11.5. The summed E-state index contributed by atoms with van der Waals surface area (Å²) in [5.41, 5.74) is 0.0438. The topological polar surface area (TPSA) is 24.5 Å². The van der Waals surface area contributed by atoms with Gasteiger partial charge in [0, 0.05) is 38.3 Å². The van der Waals surface area contributed by atoms with Crippen LogP contribution >= 0.6 is 12.4 Å². The molecule has 0 atom stereocenters. The van der Waals surface area contributed by atoms with Crippen LogP contribution in [0.4, 0.5) is 14.5 Å². The Hall–Kier alpha value is -1.07. The van der Waals surface area contributed by atoms with E-state index in [-0.39, 0.29) is 23.8 Å². The largest absolute Gasteiger partial charge is 0.497 e. The molecule has 1 saturated heterocycles. The van der Waals surface area contributed by atoms with Crippen molar-refractivity contribution in [1.29, 1.82) is 0 Å². The molecule has 0 bridgehead atoms. The fourth-order valence-electron chi connectivity index (χ4n) is 1.85. The number of benzene rings is 1. The summed E-state index contributed by atoms with van der Waals surface area (Å²) < 4.78 is 32.2. The number of piperazine rings is 1. The van der Waals surface area contributed by atoms with Gasteiger partial charge in [0.05, 0.1) is 7.11 Å². The minimum atomic E-state index is -0.571. The van der Waals surface area contributed by atoms with Gasteiger partial charge in [-0.15, -0.1) is 12.4 Å². The van der Waals surface area contributed by atoms with Crippen molar-refractivity contribution in [1.82, 2.24) is 5.32 Å². The van der Waals surface area contributed by atoms with Crippen LogP contribution < -0.4 is 15.0 Å². The van der Waals surface area contributed by atoms with Gasteiger partial charge in [-0.25, -0.2) is 8.78 Å². The Labute approximate surface area is 105 Å². The number of anilines is 1. The van der Waals surface area contributed by atoms with E-state index in [4.69, 9.17) is 4.74 Å². The van der Waals surface area contributed by atoms with E-state index in [0.717, 1.165) is 13.1 Å². The Morgan fingerprint density at radius 3 is 2.18 bits per heavy atom. The van der Waals surface area contributed by atoms with Crippen LogP contribution in [0, 0.1) is 11.6 Å². The third-order valence-electron chi connectivity index (χ3n) is 2.66. The minimum absolute atomic E-state index is 0. The zero-order valence-electron chi connectivity index (χ0n) is 9.50. The molecule has 0 aliphatic carbocycles. The first kappa shape index (κ1) is 14.0. The maximum atomic E-state index is 13.7. The van der Waals surface area contributed by atoms with Crippen LogP contribution in [0.1, 0.15) is 0 Å². The SMILES string of the molecule is COc1cc(F)c(N2CCNCC2)c(F)c1.Cl. The molecule has 6 heteroatoms. The van der Waals surface area contributed by atoms with Crippen molar-refractivity contribution in [3.05, 3.63) is 23.8 Å². The molecular formula is C11H15ClF2N2O. The van der Waals surface area contributed by atoms with Crippen molar-refractivity contribution in [2.24, 2.45) is 0 Å². The average molecular weight is 265 g/mol. The van der Waals surface area contributed by atoms with Gasteiger partial charge in [0.2, 0.25) is 0 Å². The van der Waals surface area contributed by atoms with E-state index in [1.54, 1.807) is 4.90 Å². The maximum absolute atomic E-state index is 13.7. The molecule has 1 aromatic carbocycles. The third-order valence-corrected chi connectivity index (χ3v) is 2.66. The Kier molecular flexibility index (Phi) is 4.96. The Morgan fingerprint density at radius 1 is 1.18 bits per heavy atom. The lowest BCUT2D eigenvalue weighted by atomic mass is 10.2. The summed E-state index contributed by atoms with van der Waals surface area (Å²) in [5.74, 6) is -0.939. The van der Waals surface area contributed by atoms with Gasteiger partial charge >= 0.3 is 0 Å². The number of methoxy groups -OCH3 is 1. The van der Waals surface area contributed by atoms with Crippen LogP contribution in [0.25, 0.3) is 0 Å². The predicted octanol–water partition coefficient (Wildman–Crippen LogP) is 1.80. The van der Waals surface area contributed by atoms with Crippen molar-refractivity contribution in [2.75, 3.05) is 38.2 Å². The summed E-state index contributed by atoms with van der Waals surface area (Å²) in [4.78, 5) is 1.71. The normalized spacial score (nSPS) is 15.4. The molecule has 2 rings (SSSR count). The van der Waals surface area contributed by atoms with Crippen LogP contribution in [0.15, 0.2) is 12.1 Å². The van der Waals surface area contributed by atoms with Gasteiger partial charge in [0.15, 0.2) is 11.6 Å². The lowest BCUT2D eigenvalue weighted by molar-refractivity contribution is 0.406. The number of nitrogens with zero attached hydrogens (tertiary/aromatic N) is 1. The molecular weight excluding hydrogens is 250 g/mol. The monoisotopic (exact) mass is 264 g/mol. The summed E-state index contributed by atoms with van der Waals surface area (Å²) in [7, 11) is 1.39. The second kappa shape index (κ2) is 6.02. The van der Waals surface area contributed by atoms with Gasteiger partial charge in [-0.3, -0.25) is 0 Å². The lowest BCUT2D eigenvalue weighted by Crippen LogP contribution is -2.44. The number of halogens is 3. The van der Waals surface area contributed by atoms with Crippen LogP contribution in [-0.2, 0) is 0 Å². The average Bonchev–Trinajstić information content (AvgIpc) is 2.29. The number of hydrogen-bond donors (Lipinski definition) is 1. The first-order valence-electron chi connectivity index (χ1n) is 5.21. The van der Waals surface area contributed by atoms with Crippen molar-refractivity contribution in [3.8, 4) is 5.75 Å². The summed E-state index contributed by atoms with van der Waals surface area (Å²) in [6.07, 6.45) is 0. The Balaban J connectivity index is 0.00000144. The van der Waals surface area contributed by atoms with E-state index in [2.05, 4.69) is 5.32 Å². The van der Waals surface area contributed by atoms with Gasteiger partial charge in [-0.05, 0) is 0 Å². The van der Waals surface area contributed by atoms with Crippen molar-refractivity contribution < 1.29 is 13.5 Å². The molecule has 1 aromatic rings. The standard InChI is InChI=1S/C11H14F2N2O.ClH/c1-16-8-6-9(12)11(10(13)7-8)15-4-2-14-3-5-15;/h6-7,14H,2-5H2,1H3;1H. The van der Waals surface area contributed by atoms with E-state index >= 15 is 0 Å². The number of rotatable bonds is 2. The molecule has 0 spiro atoms. The molecule has 96 valence electrons. The molecule has 0 aromatic heterocycles. The van der Waals surface area contributed by atoms with Crippen LogP contribution in [0.2, 0.25) is 0 Å². The molecule has 3 nitrogen and oxygen atoms in total. The Bertz CT molecular complexity index is 361. The van der Waals surface area contributed by atoms with Crippen LogP contribution in [0.5, 0.6) is 5.75 Å². The van der Waals surface area contributed by atoms with E-state index in [0.29, 0.717) is 13.1 Å². The summed E-state index contributed by atoms with van der Waals surface area (Å²) >= 11 is 0. The fraction of sp³-hybridized carbons (Fsp3) is 0.455.